The molecule has 6 heteroatoms. The number of aromatic hydroxyl groups is 1. The van der Waals surface area contributed by atoms with Crippen LogP contribution in [0, 0.1) is 23.2 Å². The molecular formula is C24H28N4O2. The number of benzene rings is 1. The number of phenolic OH excluding ortho intramolecular Hbond substituents is 1. The Hall–Kier alpha value is -2.91. The molecule has 3 heterocycles. The fourth-order valence-electron chi connectivity index (χ4n) is 4.62. The first-order valence-electron chi connectivity index (χ1n) is 10.8. The zero-order valence-corrected chi connectivity index (χ0v) is 17.4. The van der Waals surface area contributed by atoms with Gasteiger partial charge in [0.15, 0.2) is 0 Å². The summed E-state index contributed by atoms with van der Waals surface area (Å²) in [5, 5.41) is 18.7. The number of hydrogen-bond acceptors (Lipinski definition) is 5. The van der Waals surface area contributed by atoms with E-state index in [4.69, 9.17) is 5.26 Å². The van der Waals surface area contributed by atoms with Gasteiger partial charge in [-0.1, -0.05) is 13.0 Å². The van der Waals surface area contributed by atoms with E-state index in [0.29, 0.717) is 23.1 Å². The second-order valence-corrected chi connectivity index (χ2v) is 8.47. The maximum absolute atomic E-state index is 12.9. The highest BCUT2D eigenvalue weighted by molar-refractivity contribution is 5.92. The first-order chi connectivity index (χ1) is 14.6. The molecule has 30 heavy (non-hydrogen) atoms. The van der Waals surface area contributed by atoms with Gasteiger partial charge in [0.2, 0.25) is 0 Å². The van der Waals surface area contributed by atoms with Crippen molar-refractivity contribution in [3.63, 3.8) is 0 Å². The van der Waals surface area contributed by atoms with Crippen LogP contribution in [0.15, 0.2) is 36.5 Å². The van der Waals surface area contributed by atoms with Gasteiger partial charge in [-0.15, -0.1) is 0 Å². The van der Waals surface area contributed by atoms with Crippen molar-refractivity contribution in [3.05, 3.63) is 58.9 Å². The zero-order valence-electron chi connectivity index (χ0n) is 17.4. The molecule has 4 rings (SSSR count). The maximum Gasteiger partial charge on any atom is 0.272 e. The van der Waals surface area contributed by atoms with Gasteiger partial charge in [-0.25, -0.2) is 0 Å². The molecule has 2 saturated heterocycles. The highest BCUT2D eigenvalue weighted by atomic mass is 16.3. The molecule has 0 radical (unpaired) electrons. The Labute approximate surface area is 177 Å². The molecule has 1 unspecified atom stereocenters. The number of aromatic nitrogens is 1. The van der Waals surface area contributed by atoms with E-state index in [2.05, 4.69) is 16.8 Å². The lowest BCUT2D eigenvalue weighted by Crippen LogP contribution is -2.53. The molecule has 0 saturated carbocycles. The number of aryl methyl sites for hydroxylation is 1. The molecule has 1 N–H and O–H groups in total. The minimum Gasteiger partial charge on any atom is -0.507 e. The fraction of sp³-hybridized carbons (Fsp3) is 0.458. The van der Waals surface area contributed by atoms with Gasteiger partial charge in [0, 0.05) is 38.9 Å². The maximum atomic E-state index is 12.9. The van der Waals surface area contributed by atoms with Crippen LogP contribution >= 0.6 is 0 Å². The summed E-state index contributed by atoms with van der Waals surface area (Å²) >= 11 is 0. The van der Waals surface area contributed by atoms with Crippen LogP contribution in [-0.4, -0.2) is 52.0 Å². The first-order valence-corrected chi connectivity index (χ1v) is 10.8. The molecule has 1 atom stereocenters. The number of nitrogens with zero attached hydrogens (tertiary/aromatic N) is 4. The summed E-state index contributed by atoms with van der Waals surface area (Å²) < 4.78 is 0. The summed E-state index contributed by atoms with van der Waals surface area (Å²) in [5.41, 5.74) is 3.08. The lowest BCUT2D eigenvalue weighted by atomic mass is 9.80. The van der Waals surface area contributed by atoms with Crippen molar-refractivity contribution in [1.29, 1.82) is 5.26 Å². The van der Waals surface area contributed by atoms with E-state index in [1.165, 1.54) is 6.42 Å². The first kappa shape index (κ1) is 20.4. The highest BCUT2D eigenvalue weighted by Crippen LogP contribution is 2.32. The molecule has 0 spiro atoms. The lowest BCUT2D eigenvalue weighted by molar-refractivity contribution is 0.0168. The summed E-state index contributed by atoms with van der Waals surface area (Å²) in [6.45, 7) is 6.52. The lowest BCUT2D eigenvalue weighted by Gasteiger charge is -2.46. The van der Waals surface area contributed by atoms with Crippen LogP contribution in [0.5, 0.6) is 5.75 Å². The Bertz CT molecular complexity index is 962. The second kappa shape index (κ2) is 8.85. The van der Waals surface area contributed by atoms with E-state index in [1.54, 1.807) is 18.3 Å². The number of likely N-dealkylation sites (tertiary alicyclic amines) is 2. The third kappa shape index (κ3) is 4.31. The molecule has 156 valence electrons. The largest absolute Gasteiger partial charge is 0.507 e. The van der Waals surface area contributed by atoms with Gasteiger partial charge in [0.1, 0.15) is 17.5 Å². The number of carbonyl (C=O) groups is 1. The average molecular weight is 405 g/mol. The van der Waals surface area contributed by atoms with E-state index in [0.717, 1.165) is 56.7 Å². The Balaban J connectivity index is 1.32. The molecule has 0 aliphatic carbocycles. The van der Waals surface area contributed by atoms with E-state index in [-0.39, 0.29) is 11.7 Å². The predicted octanol–water partition coefficient (Wildman–Crippen LogP) is 3.21. The monoisotopic (exact) mass is 404 g/mol. The number of nitriles is 1. The molecule has 2 aliphatic rings. The van der Waals surface area contributed by atoms with Crippen molar-refractivity contribution in [3.8, 4) is 11.8 Å². The Kier molecular flexibility index (Phi) is 6.01. The van der Waals surface area contributed by atoms with Crippen molar-refractivity contribution in [2.45, 2.75) is 32.7 Å². The van der Waals surface area contributed by atoms with Crippen molar-refractivity contribution >= 4 is 5.91 Å². The molecular weight excluding hydrogens is 376 g/mol. The highest BCUT2D eigenvalue weighted by Gasteiger charge is 2.36. The van der Waals surface area contributed by atoms with Gasteiger partial charge in [-0.3, -0.25) is 14.7 Å². The van der Waals surface area contributed by atoms with Gasteiger partial charge < -0.3 is 10.0 Å². The standard InChI is InChI=1S/C24H28N4O2/c1-2-17-7-8-26-22(11-17)24(30)28-9-3-4-19(16-28)21-14-27(15-21)13-18-5-6-23(29)20(10-18)12-25/h5-8,10-11,19,21,29H,2-4,9,13-16H2,1H3. The third-order valence-corrected chi connectivity index (χ3v) is 6.44. The summed E-state index contributed by atoms with van der Waals surface area (Å²) in [6.07, 6.45) is 4.85. The molecule has 2 aliphatic heterocycles. The van der Waals surface area contributed by atoms with Gasteiger partial charge in [-0.05, 0) is 66.5 Å². The summed E-state index contributed by atoms with van der Waals surface area (Å²) in [6, 6.07) is 11.2. The summed E-state index contributed by atoms with van der Waals surface area (Å²) in [7, 11) is 0. The Morgan fingerprint density at radius 1 is 1.20 bits per heavy atom. The van der Waals surface area contributed by atoms with Crippen LogP contribution in [0.1, 0.15) is 46.9 Å². The van der Waals surface area contributed by atoms with Crippen LogP contribution in [0.2, 0.25) is 0 Å². The van der Waals surface area contributed by atoms with Crippen molar-refractivity contribution in [1.82, 2.24) is 14.8 Å². The SMILES string of the molecule is CCc1ccnc(C(=O)N2CCCC(C3CN(Cc4ccc(O)c(C#N)c4)C3)C2)c1. The van der Waals surface area contributed by atoms with E-state index >= 15 is 0 Å². The molecule has 1 aromatic carbocycles. The molecule has 2 aromatic rings. The quantitative estimate of drug-likeness (QED) is 0.828. The third-order valence-electron chi connectivity index (χ3n) is 6.44. The van der Waals surface area contributed by atoms with E-state index in [1.807, 2.05) is 29.2 Å². The summed E-state index contributed by atoms with van der Waals surface area (Å²) in [4.78, 5) is 21.6. The van der Waals surface area contributed by atoms with Crippen LogP contribution in [0.4, 0.5) is 0 Å². The van der Waals surface area contributed by atoms with Crippen LogP contribution in [0.25, 0.3) is 0 Å². The van der Waals surface area contributed by atoms with Crippen LogP contribution < -0.4 is 0 Å². The summed E-state index contributed by atoms with van der Waals surface area (Å²) in [5.74, 6) is 1.22. The second-order valence-electron chi connectivity index (χ2n) is 8.47. The number of piperidine rings is 1. The number of rotatable bonds is 5. The minimum atomic E-state index is 0.0358. The van der Waals surface area contributed by atoms with E-state index in [9.17, 15) is 9.90 Å². The van der Waals surface area contributed by atoms with Gasteiger partial charge in [0.05, 0.1) is 5.56 Å². The Morgan fingerprint density at radius 3 is 2.80 bits per heavy atom. The van der Waals surface area contributed by atoms with Crippen molar-refractivity contribution in [2.24, 2.45) is 11.8 Å². The molecule has 2 fully saturated rings. The average Bonchev–Trinajstić information content (AvgIpc) is 2.76. The normalized spacial score (nSPS) is 19.9. The van der Waals surface area contributed by atoms with E-state index < -0.39 is 0 Å². The van der Waals surface area contributed by atoms with Gasteiger partial charge >= 0.3 is 0 Å². The predicted molar refractivity (Wildman–Crippen MR) is 114 cm³/mol. The molecule has 1 amide bonds. The zero-order chi connectivity index (χ0) is 21.1. The van der Waals surface area contributed by atoms with Gasteiger partial charge in [-0.2, -0.15) is 5.26 Å². The number of amides is 1. The smallest absolute Gasteiger partial charge is 0.272 e. The van der Waals surface area contributed by atoms with Crippen molar-refractivity contribution < 1.29 is 9.90 Å². The molecule has 0 bridgehead atoms. The number of hydrogen-bond donors (Lipinski definition) is 1. The number of pyridine rings is 1. The number of phenols is 1. The van der Waals surface area contributed by atoms with Crippen LogP contribution in [-0.2, 0) is 13.0 Å². The fourth-order valence-corrected chi connectivity index (χ4v) is 4.62. The Morgan fingerprint density at radius 2 is 2.03 bits per heavy atom. The molecule has 1 aromatic heterocycles. The minimum absolute atomic E-state index is 0.0358. The number of carbonyl (C=O) groups excluding carboxylic acids is 1. The van der Waals surface area contributed by atoms with Crippen molar-refractivity contribution in [2.75, 3.05) is 26.2 Å². The molecule has 6 nitrogen and oxygen atoms in total. The van der Waals surface area contributed by atoms with Crippen LogP contribution in [0.3, 0.4) is 0 Å². The van der Waals surface area contributed by atoms with Gasteiger partial charge in [0.25, 0.3) is 5.91 Å². The topological polar surface area (TPSA) is 80.5 Å².